The van der Waals surface area contributed by atoms with E-state index in [0.29, 0.717) is 18.0 Å². The van der Waals surface area contributed by atoms with Gasteiger partial charge >= 0.3 is 0 Å². The summed E-state index contributed by atoms with van der Waals surface area (Å²) in [5.41, 5.74) is 3.06. The molecule has 0 spiro atoms. The first-order valence-corrected chi connectivity index (χ1v) is 7.30. The molecule has 0 bridgehead atoms. The van der Waals surface area contributed by atoms with E-state index in [2.05, 4.69) is 36.5 Å². The minimum Gasteiger partial charge on any atom is -0.381 e. The molecule has 2 heteroatoms. The van der Waals surface area contributed by atoms with Gasteiger partial charge in [0.25, 0.3) is 0 Å². The van der Waals surface area contributed by atoms with Crippen LogP contribution in [0.4, 0.5) is 0 Å². The quantitative estimate of drug-likeness (QED) is 0.880. The maximum atomic E-state index is 5.53. The van der Waals surface area contributed by atoms with Gasteiger partial charge in [-0.05, 0) is 42.7 Å². The lowest BCUT2D eigenvalue weighted by atomic mass is 9.95. The molecule has 0 aromatic heterocycles. The average molecular weight is 245 g/mol. The molecular formula is C16H23NO. The molecule has 1 heterocycles. The van der Waals surface area contributed by atoms with Gasteiger partial charge in [0.05, 0.1) is 6.61 Å². The number of hydrogen-bond donors (Lipinski definition) is 1. The van der Waals surface area contributed by atoms with Gasteiger partial charge in [0, 0.05) is 18.7 Å². The SMILES string of the molecule is CCC(NC1CCc2ccccc21)C1CCOC1. The van der Waals surface area contributed by atoms with Crippen molar-refractivity contribution in [2.24, 2.45) is 5.92 Å². The van der Waals surface area contributed by atoms with Crippen LogP contribution >= 0.6 is 0 Å². The molecule has 1 aliphatic heterocycles. The Hall–Kier alpha value is -0.860. The average Bonchev–Trinajstić information content (AvgIpc) is 3.06. The summed E-state index contributed by atoms with van der Waals surface area (Å²) in [7, 11) is 0. The Labute approximate surface area is 110 Å². The second-order valence-electron chi connectivity index (χ2n) is 5.60. The number of aryl methyl sites for hydroxylation is 1. The van der Waals surface area contributed by atoms with E-state index < -0.39 is 0 Å². The Morgan fingerprint density at radius 1 is 1.33 bits per heavy atom. The summed E-state index contributed by atoms with van der Waals surface area (Å²) in [6.07, 6.45) is 4.90. The van der Waals surface area contributed by atoms with Gasteiger partial charge in [-0.1, -0.05) is 31.2 Å². The standard InChI is InChI=1S/C16H23NO/c1-2-15(13-9-10-18-11-13)17-16-8-7-12-5-3-4-6-14(12)16/h3-6,13,15-17H,2,7-11H2,1H3. The first-order chi connectivity index (χ1) is 8.88. The van der Waals surface area contributed by atoms with Gasteiger partial charge < -0.3 is 10.1 Å². The lowest BCUT2D eigenvalue weighted by Gasteiger charge is -2.26. The Morgan fingerprint density at radius 3 is 3.00 bits per heavy atom. The topological polar surface area (TPSA) is 21.3 Å². The van der Waals surface area contributed by atoms with E-state index in [9.17, 15) is 0 Å². The summed E-state index contributed by atoms with van der Waals surface area (Å²) >= 11 is 0. The molecule has 3 atom stereocenters. The molecule has 0 radical (unpaired) electrons. The molecule has 1 saturated heterocycles. The molecule has 18 heavy (non-hydrogen) atoms. The lowest BCUT2D eigenvalue weighted by Crippen LogP contribution is -2.38. The van der Waals surface area contributed by atoms with Gasteiger partial charge in [0.1, 0.15) is 0 Å². The van der Waals surface area contributed by atoms with Gasteiger partial charge in [-0.15, -0.1) is 0 Å². The monoisotopic (exact) mass is 245 g/mol. The second kappa shape index (κ2) is 5.41. The van der Waals surface area contributed by atoms with E-state index in [-0.39, 0.29) is 0 Å². The van der Waals surface area contributed by atoms with Crippen molar-refractivity contribution in [2.75, 3.05) is 13.2 Å². The molecule has 2 nitrogen and oxygen atoms in total. The zero-order valence-corrected chi connectivity index (χ0v) is 11.2. The zero-order chi connectivity index (χ0) is 12.4. The molecule has 98 valence electrons. The highest BCUT2D eigenvalue weighted by Crippen LogP contribution is 2.32. The molecule has 1 aromatic rings. The van der Waals surface area contributed by atoms with Crippen LogP contribution in [0.25, 0.3) is 0 Å². The van der Waals surface area contributed by atoms with Crippen LogP contribution in [-0.2, 0) is 11.2 Å². The second-order valence-corrected chi connectivity index (χ2v) is 5.60. The summed E-state index contributed by atoms with van der Waals surface area (Å²) in [5.74, 6) is 0.711. The molecule has 1 aromatic carbocycles. The summed E-state index contributed by atoms with van der Waals surface area (Å²) in [6, 6.07) is 10.1. The molecule has 3 rings (SSSR count). The van der Waals surface area contributed by atoms with Crippen molar-refractivity contribution in [3.8, 4) is 0 Å². The number of hydrogen-bond acceptors (Lipinski definition) is 2. The minimum atomic E-state index is 0.562. The summed E-state index contributed by atoms with van der Waals surface area (Å²) in [5, 5.41) is 3.88. The van der Waals surface area contributed by atoms with Gasteiger partial charge in [0.2, 0.25) is 0 Å². The normalized spacial score (nSPS) is 28.3. The van der Waals surface area contributed by atoms with E-state index >= 15 is 0 Å². The number of nitrogens with one attached hydrogen (secondary N) is 1. The highest BCUT2D eigenvalue weighted by Gasteiger charge is 2.29. The highest BCUT2D eigenvalue weighted by atomic mass is 16.5. The van der Waals surface area contributed by atoms with Crippen LogP contribution in [0.2, 0.25) is 0 Å². The summed E-state index contributed by atoms with van der Waals surface area (Å²) < 4.78 is 5.53. The van der Waals surface area contributed by atoms with Crippen molar-refractivity contribution in [2.45, 2.75) is 44.7 Å². The van der Waals surface area contributed by atoms with Crippen LogP contribution in [-0.4, -0.2) is 19.3 Å². The third-order valence-corrected chi connectivity index (χ3v) is 4.52. The predicted molar refractivity (Wildman–Crippen MR) is 73.6 cm³/mol. The Balaban J connectivity index is 1.69. The van der Waals surface area contributed by atoms with Gasteiger partial charge in [-0.3, -0.25) is 0 Å². The van der Waals surface area contributed by atoms with Crippen LogP contribution in [0, 0.1) is 5.92 Å². The van der Waals surface area contributed by atoms with E-state index in [1.807, 2.05) is 0 Å². The third kappa shape index (κ3) is 2.32. The van der Waals surface area contributed by atoms with Crippen molar-refractivity contribution in [1.82, 2.24) is 5.32 Å². The molecular weight excluding hydrogens is 222 g/mol. The van der Waals surface area contributed by atoms with Gasteiger partial charge in [-0.25, -0.2) is 0 Å². The van der Waals surface area contributed by atoms with Gasteiger partial charge in [-0.2, -0.15) is 0 Å². The van der Waals surface area contributed by atoms with E-state index in [1.54, 1.807) is 0 Å². The predicted octanol–water partition coefficient (Wildman–Crippen LogP) is 3.08. The number of fused-ring (bicyclic) bond motifs is 1. The van der Waals surface area contributed by atoms with Crippen molar-refractivity contribution in [3.05, 3.63) is 35.4 Å². The molecule has 3 unspecified atom stereocenters. The number of rotatable bonds is 4. The maximum absolute atomic E-state index is 5.53. The first-order valence-electron chi connectivity index (χ1n) is 7.30. The third-order valence-electron chi connectivity index (χ3n) is 4.52. The fourth-order valence-electron chi connectivity index (χ4n) is 3.45. The fraction of sp³-hybridized carbons (Fsp3) is 0.625. The van der Waals surface area contributed by atoms with E-state index in [0.717, 1.165) is 13.2 Å². The fourth-order valence-corrected chi connectivity index (χ4v) is 3.45. The van der Waals surface area contributed by atoms with Crippen molar-refractivity contribution in [1.29, 1.82) is 0 Å². The number of ether oxygens (including phenoxy) is 1. The van der Waals surface area contributed by atoms with Crippen LogP contribution in [0.5, 0.6) is 0 Å². The molecule has 0 amide bonds. The van der Waals surface area contributed by atoms with E-state index in [1.165, 1.54) is 36.8 Å². The Morgan fingerprint density at radius 2 is 2.22 bits per heavy atom. The van der Waals surface area contributed by atoms with Crippen LogP contribution in [0.15, 0.2) is 24.3 Å². The first kappa shape index (κ1) is 12.2. The van der Waals surface area contributed by atoms with Crippen molar-refractivity contribution >= 4 is 0 Å². The van der Waals surface area contributed by atoms with Crippen LogP contribution in [0.1, 0.15) is 43.4 Å². The van der Waals surface area contributed by atoms with Crippen molar-refractivity contribution < 1.29 is 4.74 Å². The highest BCUT2D eigenvalue weighted by molar-refractivity contribution is 5.34. The van der Waals surface area contributed by atoms with Gasteiger partial charge in [0.15, 0.2) is 0 Å². The van der Waals surface area contributed by atoms with Crippen LogP contribution < -0.4 is 5.32 Å². The number of benzene rings is 1. The Bertz CT molecular complexity index is 398. The molecule has 0 saturated carbocycles. The maximum Gasteiger partial charge on any atom is 0.0510 e. The summed E-state index contributed by atoms with van der Waals surface area (Å²) in [4.78, 5) is 0. The molecule has 1 fully saturated rings. The molecule has 1 aliphatic carbocycles. The summed E-state index contributed by atoms with van der Waals surface area (Å²) in [6.45, 7) is 4.18. The smallest absolute Gasteiger partial charge is 0.0510 e. The largest absolute Gasteiger partial charge is 0.381 e. The van der Waals surface area contributed by atoms with E-state index in [4.69, 9.17) is 4.74 Å². The lowest BCUT2D eigenvalue weighted by molar-refractivity contribution is 0.173. The Kier molecular flexibility index (Phi) is 3.67. The minimum absolute atomic E-state index is 0.562. The van der Waals surface area contributed by atoms with Crippen molar-refractivity contribution in [3.63, 3.8) is 0 Å². The zero-order valence-electron chi connectivity index (χ0n) is 11.2. The molecule has 2 aliphatic rings. The molecule has 1 N–H and O–H groups in total. The van der Waals surface area contributed by atoms with Crippen LogP contribution in [0.3, 0.4) is 0 Å².